The number of Topliss-reactive ketones (excluding diaryl/α,β-unsaturated/α-hetero) is 1. The lowest BCUT2D eigenvalue weighted by atomic mass is 9.90. The standard InChI is InChI=1S/C20H25N3O3S2/c1-13(2)26-17-8-4-6-15(10-17)19(25)16-7-5-9-23(11-16)18(24)12-27-20-22-21-14(3)28-20/h4,6,8,10,13,16H,5,7,9,11-12H2,1-3H3/t16-/m1/s1. The minimum Gasteiger partial charge on any atom is -0.491 e. The molecule has 0 N–H and O–H groups in total. The predicted molar refractivity (Wildman–Crippen MR) is 111 cm³/mol. The Labute approximate surface area is 173 Å². The summed E-state index contributed by atoms with van der Waals surface area (Å²) in [6.07, 6.45) is 1.70. The van der Waals surface area contributed by atoms with E-state index in [0.717, 1.165) is 22.2 Å². The normalized spacial score (nSPS) is 17.0. The summed E-state index contributed by atoms with van der Waals surface area (Å²) in [5.41, 5.74) is 0.649. The highest BCUT2D eigenvalue weighted by Crippen LogP contribution is 2.26. The van der Waals surface area contributed by atoms with E-state index in [0.29, 0.717) is 30.2 Å². The van der Waals surface area contributed by atoms with Crippen molar-refractivity contribution in [3.63, 3.8) is 0 Å². The molecule has 0 aliphatic carbocycles. The van der Waals surface area contributed by atoms with Crippen molar-refractivity contribution in [2.75, 3.05) is 18.8 Å². The first-order valence-electron chi connectivity index (χ1n) is 9.44. The molecule has 1 aromatic heterocycles. The lowest BCUT2D eigenvalue weighted by molar-refractivity contribution is -0.129. The summed E-state index contributed by atoms with van der Waals surface area (Å²) in [6.45, 7) is 6.99. The molecule has 0 bridgehead atoms. The van der Waals surface area contributed by atoms with Crippen LogP contribution in [0.5, 0.6) is 5.75 Å². The van der Waals surface area contributed by atoms with Gasteiger partial charge in [-0.15, -0.1) is 10.2 Å². The number of hydrogen-bond donors (Lipinski definition) is 0. The molecule has 2 heterocycles. The van der Waals surface area contributed by atoms with Gasteiger partial charge in [-0.25, -0.2) is 0 Å². The summed E-state index contributed by atoms with van der Waals surface area (Å²) in [5, 5.41) is 8.90. The number of carbonyl (C=O) groups excluding carboxylic acids is 2. The van der Waals surface area contributed by atoms with Crippen molar-refractivity contribution in [3.8, 4) is 5.75 Å². The molecule has 1 amide bonds. The molecule has 0 radical (unpaired) electrons. The average molecular weight is 420 g/mol. The number of thioether (sulfide) groups is 1. The molecule has 1 aliphatic rings. The maximum Gasteiger partial charge on any atom is 0.233 e. The van der Waals surface area contributed by atoms with E-state index < -0.39 is 0 Å². The van der Waals surface area contributed by atoms with Gasteiger partial charge in [-0.2, -0.15) is 0 Å². The van der Waals surface area contributed by atoms with Crippen LogP contribution in [0.2, 0.25) is 0 Å². The monoisotopic (exact) mass is 419 g/mol. The van der Waals surface area contributed by atoms with Gasteiger partial charge in [-0.05, 0) is 45.7 Å². The van der Waals surface area contributed by atoms with Crippen LogP contribution in [-0.2, 0) is 4.79 Å². The Balaban J connectivity index is 1.59. The molecule has 1 aliphatic heterocycles. The molecular weight excluding hydrogens is 394 g/mol. The molecule has 150 valence electrons. The molecule has 6 nitrogen and oxygen atoms in total. The van der Waals surface area contributed by atoms with E-state index in [9.17, 15) is 9.59 Å². The van der Waals surface area contributed by atoms with Gasteiger partial charge in [-0.3, -0.25) is 9.59 Å². The highest BCUT2D eigenvalue weighted by atomic mass is 32.2. The number of ether oxygens (including phenoxy) is 1. The quantitative estimate of drug-likeness (QED) is 0.501. The van der Waals surface area contributed by atoms with Crippen LogP contribution in [0, 0.1) is 12.8 Å². The van der Waals surface area contributed by atoms with Gasteiger partial charge in [-0.1, -0.05) is 35.2 Å². The van der Waals surface area contributed by atoms with Crippen LogP contribution >= 0.6 is 23.1 Å². The van der Waals surface area contributed by atoms with E-state index >= 15 is 0 Å². The van der Waals surface area contributed by atoms with Crippen LogP contribution in [0.25, 0.3) is 0 Å². The largest absolute Gasteiger partial charge is 0.491 e. The number of benzene rings is 1. The number of piperidine rings is 1. The zero-order chi connectivity index (χ0) is 20.1. The third kappa shape index (κ3) is 5.54. The van der Waals surface area contributed by atoms with Gasteiger partial charge in [0.15, 0.2) is 10.1 Å². The first-order valence-corrected chi connectivity index (χ1v) is 11.2. The maximum atomic E-state index is 13.0. The molecule has 3 rings (SSSR count). The van der Waals surface area contributed by atoms with Crippen LogP contribution in [0.15, 0.2) is 28.6 Å². The van der Waals surface area contributed by atoms with E-state index in [1.165, 1.54) is 23.1 Å². The van der Waals surface area contributed by atoms with Crippen LogP contribution in [-0.4, -0.2) is 51.7 Å². The van der Waals surface area contributed by atoms with Crippen molar-refractivity contribution >= 4 is 34.8 Å². The minimum absolute atomic E-state index is 0.0484. The Morgan fingerprint density at radius 2 is 2.18 bits per heavy atom. The van der Waals surface area contributed by atoms with Crippen LogP contribution in [0.1, 0.15) is 42.1 Å². The molecule has 1 fully saturated rings. The number of carbonyl (C=O) groups is 2. The van der Waals surface area contributed by atoms with Crippen LogP contribution in [0.3, 0.4) is 0 Å². The van der Waals surface area contributed by atoms with Gasteiger partial charge in [0.25, 0.3) is 0 Å². The average Bonchev–Trinajstić information content (AvgIpc) is 3.10. The van der Waals surface area contributed by atoms with Crippen LogP contribution < -0.4 is 4.74 Å². The number of ketones is 1. The fourth-order valence-corrected chi connectivity index (χ4v) is 4.92. The number of rotatable bonds is 7. The van der Waals surface area contributed by atoms with Gasteiger partial charge in [0, 0.05) is 24.6 Å². The lowest BCUT2D eigenvalue weighted by Crippen LogP contribution is -2.43. The van der Waals surface area contributed by atoms with Crippen molar-refractivity contribution in [1.29, 1.82) is 0 Å². The molecule has 0 spiro atoms. The summed E-state index contributed by atoms with van der Waals surface area (Å²) in [7, 11) is 0. The third-order valence-electron chi connectivity index (χ3n) is 4.46. The molecule has 1 aromatic carbocycles. The highest BCUT2D eigenvalue weighted by molar-refractivity contribution is 8.01. The smallest absolute Gasteiger partial charge is 0.233 e. The van der Waals surface area contributed by atoms with Crippen molar-refractivity contribution in [2.45, 2.75) is 44.1 Å². The van der Waals surface area contributed by atoms with Crippen LogP contribution in [0.4, 0.5) is 0 Å². The second-order valence-electron chi connectivity index (χ2n) is 7.11. The Morgan fingerprint density at radius 3 is 2.89 bits per heavy atom. The Bertz CT molecular complexity index is 838. The van der Waals surface area contributed by atoms with Crippen molar-refractivity contribution in [3.05, 3.63) is 34.8 Å². The molecule has 2 aromatic rings. The number of aromatic nitrogens is 2. The van der Waals surface area contributed by atoms with Crippen molar-refractivity contribution in [1.82, 2.24) is 15.1 Å². The molecule has 1 atom stereocenters. The first-order chi connectivity index (χ1) is 13.4. The van der Waals surface area contributed by atoms with Gasteiger partial charge in [0.1, 0.15) is 10.8 Å². The number of likely N-dealkylation sites (tertiary alicyclic amines) is 1. The summed E-state index contributed by atoms with van der Waals surface area (Å²) < 4.78 is 6.50. The maximum absolute atomic E-state index is 13.0. The molecule has 0 saturated carbocycles. The molecule has 28 heavy (non-hydrogen) atoms. The topological polar surface area (TPSA) is 72.4 Å². The highest BCUT2D eigenvalue weighted by Gasteiger charge is 2.29. The summed E-state index contributed by atoms with van der Waals surface area (Å²) in [4.78, 5) is 27.4. The Kier molecular flexibility index (Phi) is 7.07. The zero-order valence-corrected chi connectivity index (χ0v) is 18.0. The van der Waals surface area contributed by atoms with E-state index in [2.05, 4.69) is 10.2 Å². The van der Waals surface area contributed by atoms with E-state index in [1.54, 1.807) is 11.0 Å². The van der Waals surface area contributed by atoms with Gasteiger partial charge >= 0.3 is 0 Å². The zero-order valence-electron chi connectivity index (χ0n) is 16.4. The molecule has 0 unspecified atom stereocenters. The van der Waals surface area contributed by atoms with Crippen molar-refractivity contribution < 1.29 is 14.3 Å². The van der Waals surface area contributed by atoms with Crippen molar-refractivity contribution in [2.24, 2.45) is 5.92 Å². The van der Waals surface area contributed by atoms with E-state index in [-0.39, 0.29) is 23.7 Å². The Hall–Kier alpha value is -1.93. The Morgan fingerprint density at radius 1 is 1.36 bits per heavy atom. The molecule has 8 heteroatoms. The second kappa shape index (κ2) is 9.52. The first kappa shape index (κ1) is 20.8. The van der Waals surface area contributed by atoms with E-state index in [1.807, 2.05) is 39.0 Å². The second-order valence-corrected chi connectivity index (χ2v) is 9.52. The minimum atomic E-state index is -0.166. The lowest BCUT2D eigenvalue weighted by Gasteiger charge is -2.32. The molecule has 1 saturated heterocycles. The summed E-state index contributed by atoms with van der Waals surface area (Å²) in [6, 6.07) is 7.33. The summed E-state index contributed by atoms with van der Waals surface area (Å²) in [5.74, 6) is 0.994. The van der Waals surface area contributed by atoms with Gasteiger partial charge < -0.3 is 9.64 Å². The third-order valence-corrected chi connectivity index (χ3v) is 6.42. The van der Waals surface area contributed by atoms with E-state index in [4.69, 9.17) is 4.74 Å². The number of hydrogen-bond acceptors (Lipinski definition) is 7. The van der Waals surface area contributed by atoms with Gasteiger partial charge in [0.05, 0.1) is 11.9 Å². The fraction of sp³-hybridized carbons (Fsp3) is 0.500. The van der Waals surface area contributed by atoms with Gasteiger partial charge in [0.2, 0.25) is 5.91 Å². The fourth-order valence-electron chi connectivity index (χ4n) is 3.20. The summed E-state index contributed by atoms with van der Waals surface area (Å²) >= 11 is 2.90. The predicted octanol–water partition coefficient (Wildman–Crippen LogP) is 3.85. The number of amides is 1. The number of aryl methyl sites for hydroxylation is 1. The molecular formula is C20H25N3O3S2. The number of nitrogens with zero attached hydrogens (tertiary/aromatic N) is 3. The SMILES string of the molecule is Cc1nnc(SCC(=O)N2CCC[C@@H](C(=O)c3cccc(OC(C)C)c3)C2)s1.